The summed E-state index contributed by atoms with van der Waals surface area (Å²) in [4.78, 5) is 72.5. The first kappa shape index (κ1) is 90.1. The maximum absolute atomic E-state index is 13.0. The Morgan fingerprint density at radius 3 is 0.772 bits per heavy atom. The van der Waals surface area contributed by atoms with Gasteiger partial charge in [0.05, 0.1) is 26.4 Å². The molecule has 8 atom stereocenters. The number of unbranched alkanes of at least 4 members (excludes halogenated alkanes) is 36. The average Bonchev–Trinajstić information content (AvgIpc) is 2.26. The number of rotatable bonds is 71. The van der Waals surface area contributed by atoms with Crippen LogP contribution in [0.2, 0.25) is 0 Å². The van der Waals surface area contributed by atoms with E-state index in [1.807, 2.05) is 0 Å². The van der Waals surface area contributed by atoms with E-state index in [0.29, 0.717) is 25.7 Å². The molecular weight excluding hydrogens is 1210 g/mol. The van der Waals surface area contributed by atoms with Crippen LogP contribution in [-0.4, -0.2) is 96.7 Å². The number of aliphatic hydroxyl groups excluding tert-OH is 1. The van der Waals surface area contributed by atoms with Crippen molar-refractivity contribution in [3.8, 4) is 0 Å². The van der Waals surface area contributed by atoms with E-state index in [2.05, 4.69) is 48.5 Å². The monoisotopic (exact) mass is 1350 g/mol. The Bertz CT molecular complexity index is 1810. The molecule has 0 amide bonds. The lowest BCUT2D eigenvalue weighted by molar-refractivity contribution is -0.161. The topological polar surface area (TPSA) is 237 Å². The molecule has 0 aliphatic heterocycles. The van der Waals surface area contributed by atoms with Crippen molar-refractivity contribution in [2.24, 2.45) is 17.8 Å². The summed E-state index contributed by atoms with van der Waals surface area (Å²) in [6.07, 6.45) is 49.0. The summed E-state index contributed by atoms with van der Waals surface area (Å²) in [5.41, 5.74) is 0. The van der Waals surface area contributed by atoms with Crippen LogP contribution < -0.4 is 0 Å². The molecule has 0 saturated carbocycles. The second-order valence-electron chi connectivity index (χ2n) is 27.1. The number of hydrogen-bond donors (Lipinski definition) is 3. The van der Waals surface area contributed by atoms with E-state index in [-0.39, 0.29) is 25.7 Å². The highest BCUT2D eigenvalue weighted by Gasteiger charge is 2.30. The van der Waals surface area contributed by atoms with Crippen LogP contribution in [0.25, 0.3) is 0 Å². The minimum absolute atomic E-state index is 0.102. The zero-order valence-electron chi connectivity index (χ0n) is 60.0. The summed E-state index contributed by atoms with van der Waals surface area (Å²) < 4.78 is 68.3. The quantitative estimate of drug-likeness (QED) is 0.0222. The SMILES string of the molecule is CCCCCCCCCCCCCCCCCCCCCCCCC(=O)O[C@H](COC(=O)CCCCCCCCC(C)CC)COP(=O)(O)OC[C@@H](O)COP(=O)(O)OC[C@@H](COC(=O)CCCCCCCCC(C)CC)OC(=O)CCCCCCCCC(C)CC. The first-order chi connectivity index (χ1) is 44.3. The molecule has 0 rings (SSSR count). The smallest absolute Gasteiger partial charge is 0.462 e. The van der Waals surface area contributed by atoms with E-state index in [9.17, 15) is 43.2 Å². The van der Waals surface area contributed by atoms with E-state index in [1.165, 1.54) is 167 Å². The number of ether oxygens (including phenoxy) is 4. The van der Waals surface area contributed by atoms with Gasteiger partial charge in [0, 0.05) is 25.7 Å². The Labute approximate surface area is 562 Å². The summed E-state index contributed by atoms with van der Waals surface area (Å²) in [6, 6.07) is 0. The van der Waals surface area contributed by atoms with Gasteiger partial charge in [-0.1, -0.05) is 318 Å². The summed E-state index contributed by atoms with van der Waals surface area (Å²) in [5, 5.41) is 10.6. The van der Waals surface area contributed by atoms with E-state index < -0.39 is 97.5 Å². The number of phosphoric ester groups is 2. The highest BCUT2D eigenvalue weighted by molar-refractivity contribution is 7.47. The third-order valence-corrected chi connectivity index (χ3v) is 19.9. The van der Waals surface area contributed by atoms with E-state index in [4.69, 9.17) is 37.0 Å². The molecular formula is C73H142O17P2. The minimum atomic E-state index is -4.95. The molecule has 3 N–H and O–H groups in total. The number of hydrogen-bond acceptors (Lipinski definition) is 15. The minimum Gasteiger partial charge on any atom is -0.462 e. The maximum Gasteiger partial charge on any atom is 0.472 e. The highest BCUT2D eigenvalue weighted by Crippen LogP contribution is 2.45. The van der Waals surface area contributed by atoms with Crippen molar-refractivity contribution in [2.45, 2.75) is 388 Å². The molecule has 0 aromatic rings. The van der Waals surface area contributed by atoms with Crippen molar-refractivity contribution < 1.29 is 80.2 Å². The lowest BCUT2D eigenvalue weighted by atomic mass is 10.00. The summed E-state index contributed by atoms with van der Waals surface area (Å²) in [7, 11) is -9.90. The Kier molecular flexibility index (Phi) is 62.4. The zero-order chi connectivity index (χ0) is 68.0. The molecule has 0 bridgehead atoms. The molecule has 0 aromatic heterocycles. The van der Waals surface area contributed by atoms with Crippen molar-refractivity contribution in [3.05, 3.63) is 0 Å². The van der Waals surface area contributed by atoms with Crippen LogP contribution in [0.1, 0.15) is 370 Å². The number of esters is 4. The zero-order valence-corrected chi connectivity index (χ0v) is 61.8. The summed E-state index contributed by atoms with van der Waals surface area (Å²) >= 11 is 0. The number of carbonyl (C=O) groups excluding carboxylic acids is 4. The molecule has 0 radical (unpaired) electrons. The van der Waals surface area contributed by atoms with Gasteiger partial charge in [-0.2, -0.15) is 0 Å². The molecule has 92 heavy (non-hydrogen) atoms. The Morgan fingerprint density at radius 1 is 0.304 bits per heavy atom. The van der Waals surface area contributed by atoms with Crippen molar-refractivity contribution in [2.75, 3.05) is 39.6 Å². The molecule has 17 nitrogen and oxygen atoms in total. The fourth-order valence-corrected chi connectivity index (χ4v) is 12.6. The van der Waals surface area contributed by atoms with Gasteiger partial charge in [-0.25, -0.2) is 9.13 Å². The standard InChI is InChI=1S/C73H142O17P2/c1-8-12-13-14-15-16-17-18-19-20-21-22-23-24-25-26-27-28-29-30-42-49-56-72(77)89-68(60-83-70(75)54-47-40-34-31-37-44-51-64(5)9-2)62-87-91(79,80)85-58-67(74)59-86-92(81,82)88-63-69(90-73(78)57-50-43-36-33-39-46-53-66(7)11-4)61-84-71(76)55-48-41-35-32-38-45-52-65(6)10-3/h64-69,74H,8-63H2,1-7H3,(H,79,80)(H,81,82)/t64?,65?,66?,67-,68-,69-/m1/s1. The normalized spacial score (nSPS) is 15.0. The predicted octanol–water partition coefficient (Wildman–Crippen LogP) is 21.0. The third-order valence-electron chi connectivity index (χ3n) is 18.0. The van der Waals surface area contributed by atoms with Crippen molar-refractivity contribution in [1.82, 2.24) is 0 Å². The lowest BCUT2D eigenvalue weighted by Crippen LogP contribution is -2.30. The first-order valence-corrected chi connectivity index (χ1v) is 41.0. The van der Waals surface area contributed by atoms with Crippen LogP contribution in [0.3, 0.4) is 0 Å². The molecule has 0 aliphatic rings. The van der Waals surface area contributed by atoms with Gasteiger partial charge in [0.15, 0.2) is 12.2 Å². The van der Waals surface area contributed by atoms with Crippen molar-refractivity contribution in [3.63, 3.8) is 0 Å². The number of carbonyl (C=O) groups is 4. The van der Waals surface area contributed by atoms with Gasteiger partial charge < -0.3 is 33.8 Å². The summed E-state index contributed by atoms with van der Waals surface area (Å²) in [5.74, 6) is 0.0509. The van der Waals surface area contributed by atoms with E-state index in [0.717, 1.165) is 120 Å². The van der Waals surface area contributed by atoms with Crippen LogP contribution in [0.5, 0.6) is 0 Å². The van der Waals surface area contributed by atoms with E-state index >= 15 is 0 Å². The van der Waals surface area contributed by atoms with Crippen LogP contribution in [-0.2, 0) is 65.4 Å². The molecule has 19 heteroatoms. The molecule has 5 unspecified atom stereocenters. The van der Waals surface area contributed by atoms with Gasteiger partial charge in [-0.15, -0.1) is 0 Å². The largest absolute Gasteiger partial charge is 0.472 e. The maximum atomic E-state index is 13.0. The Morgan fingerprint density at radius 2 is 0.522 bits per heavy atom. The summed E-state index contributed by atoms with van der Waals surface area (Å²) in [6.45, 7) is 11.7. The first-order valence-electron chi connectivity index (χ1n) is 38.0. The fraction of sp³-hybridized carbons (Fsp3) is 0.945. The third kappa shape index (κ3) is 62.8. The van der Waals surface area contributed by atoms with Gasteiger partial charge >= 0.3 is 39.5 Å². The molecule has 546 valence electrons. The van der Waals surface area contributed by atoms with E-state index in [1.54, 1.807) is 0 Å². The second-order valence-corrected chi connectivity index (χ2v) is 30.0. The Balaban J connectivity index is 5.15. The predicted molar refractivity (Wildman–Crippen MR) is 372 cm³/mol. The van der Waals surface area contributed by atoms with Crippen molar-refractivity contribution >= 4 is 39.5 Å². The molecule has 0 spiro atoms. The van der Waals surface area contributed by atoms with Gasteiger partial charge in [0.25, 0.3) is 0 Å². The number of aliphatic hydroxyl groups is 1. The molecule has 0 heterocycles. The second kappa shape index (κ2) is 63.8. The van der Waals surface area contributed by atoms with Gasteiger partial charge in [-0.05, 0) is 43.4 Å². The average molecular weight is 1350 g/mol. The number of phosphoric acid groups is 2. The van der Waals surface area contributed by atoms with Gasteiger partial charge in [-0.3, -0.25) is 37.3 Å². The molecule has 0 aliphatic carbocycles. The van der Waals surface area contributed by atoms with Gasteiger partial charge in [0.1, 0.15) is 19.3 Å². The van der Waals surface area contributed by atoms with Crippen molar-refractivity contribution in [1.29, 1.82) is 0 Å². The molecule has 0 saturated heterocycles. The van der Waals surface area contributed by atoms with Crippen LogP contribution in [0.4, 0.5) is 0 Å². The van der Waals surface area contributed by atoms with Gasteiger partial charge in [0.2, 0.25) is 0 Å². The van der Waals surface area contributed by atoms with Crippen LogP contribution >= 0.6 is 15.6 Å². The molecule has 0 fully saturated rings. The highest BCUT2D eigenvalue weighted by atomic mass is 31.2. The molecule has 0 aromatic carbocycles. The lowest BCUT2D eigenvalue weighted by Gasteiger charge is -2.21. The fourth-order valence-electron chi connectivity index (χ4n) is 11.0. The van der Waals surface area contributed by atoms with Crippen LogP contribution in [0.15, 0.2) is 0 Å². The van der Waals surface area contributed by atoms with Crippen LogP contribution in [0, 0.1) is 17.8 Å². The Hall–Kier alpha value is -1.94.